The average molecular weight is 334 g/mol. The lowest BCUT2D eigenvalue weighted by Crippen LogP contribution is -2.58. The lowest BCUT2D eigenvalue weighted by molar-refractivity contribution is -0.151. The highest BCUT2D eigenvalue weighted by atomic mass is 32.2. The van der Waals surface area contributed by atoms with Crippen molar-refractivity contribution < 1.29 is 26.7 Å². The number of likely N-dealkylation sites (N-methyl/N-ethyl adjacent to an activating group) is 1. The second kappa shape index (κ2) is 5.90. The first-order chi connectivity index (χ1) is 10.2. The Morgan fingerprint density at radius 2 is 2.05 bits per heavy atom. The fraction of sp³-hybridized carbons (Fsp3) is 0.462. The van der Waals surface area contributed by atoms with Gasteiger partial charge in [0.1, 0.15) is 0 Å². The van der Waals surface area contributed by atoms with Crippen LogP contribution in [0.5, 0.6) is 0 Å². The van der Waals surface area contributed by atoms with Crippen LogP contribution in [0.1, 0.15) is 6.92 Å². The van der Waals surface area contributed by atoms with E-state index in [0.717, 1.165) is 16.4 Å². The normalized spacial score (nSPS) is 23.3. The van der Waals surface area contributed by atoms with E-state index < -0.39 is 33.2 Å². The molecule has 9 heteroatoms. The largest absolute Gasteiger partial charge is 0.363 e. The zero-order valence-corrected chi connectivity index (χ0v) is 12.9. The van der Waals surface area contributed by atoms with Crippen molar-refractivity contribution in [3.05, 3.63) is 29.8 Å². The quantitative estimate of drug-likeness (QED) is 0.873. The molecule has 122 valence electrons. The minimum Gasteiger partial charge on any atom is -0.363 e. The van der Waals surface area contributed by atoms with Gasteiger partial charge < -0.3 is 10.1 Å². The smallest absolute Gasteiger partial charge is 0.253 e. The number of nitrogens with zero attached hydrogens (tertiary/aromatic N) is 1. The van der Waals surface area contributed by atoms with Gasteiger partial charge in [-0.1, -0.05) is 0 Å². The Labute approximate surface area is 127 Å². The fourth-order valence-corrected chi connectivity index (χ4v) is 3.75. The molecule has 0 aliphatic carbocycles. The van der Waals surface area contributed by atoms with Crippen molar-refractivity contribution in [3.8, 4) is 0 Å². The second-order valence-corrected chi connectivity index (χ2v) is 7.01. The van der Waals surface area contributed by atoms with Crippen molar-refractivity contribution in [2.45, 2.75) is 17.4 Å². The van der Waals surface area contributed by atoms with Crippen molar-refractivity contribution in [2.24, 2.45) is 0 Å². The molecule has 0 spiro atoms. The zero-order chi connectivity index (χ0) is 16.5. The van der Waals surface area contributed by atoms with Gasteiger partial charge in [-0.05, 0) is 25.1 Å². The first kappa shape index (κ1) is 16.8. The van der Waals surface area contributed by atoms with E-state index in [-0.39, 0.29) is 24.6 Å². The van der Waals surface area contributed by atoms with E-state index in [1.807, 2.05) is 0 Å². The number of ether oxygens (including phenoxy) is 1. The number of rotatable bonds is 3. The number of carbonyl (C=O) groups is 1. The molecule has 1 saturated heterocycles. The van der Waals surface area contributed by atoms with Crippen molar-refractivity contribution in [3.63, 3.8) is 0 Å². The van der Waals surface area contributed by atoms with Crippen LogP contribution >= 0.6 is 0 Å². The predicted molar refractivity (Wildman–Crippen MR) is 73.5 cm³/mol. The number of sulfonamides is 1. The number of morpholine rings is 1. The Morgan fingerprint density at radius 3 is 2.64 bits per heavy atom. The van der Waals surface area contributed by atoms with Crippen LogP contribution in [-0.4, -0.2) is 51.0 Å². The van der Waals surface area contributed by atoms with E-state index >= 15 is 0 Å². The predicted octanol–water partition coefficient (Wildman–Crippen LogP) is 0.490. The van der Waals surface area contributed by atoms with Gasteiger partial charge in [0.15, 0.2) is 17.2 Å². The Kier molecular flexibility index (Phi) is 4.50. The van der Waals surface area contributed by atoms with Crippen LogP contribution in [0.25, 0.3) is 0 Å². The summed E-state index contributed by atoms with van der Waals surface area (Å²) in [7, 11) is -2.63. The molecule has 1 aliphatic heterocycles. The van der Waals surface area contributed by atoms with Gasteiger partial charge in [0.2, 0.25) is 10.0 Å². The van der Waals surface area contributed by atoms with E-state index in [4.69, 9.17) is 4.74 Å². The summed E-state index contributed by atoms with van der Waals surface area (Å²) in [5.74, 6) is -2.84. The first-order valence-electron chi connectivity index (χ1n) is 6.52. The van der Waals surface area contributed by atoms with Crippen molar-refractivity contribution in [1.29, 1.82) is 0 Å². The Morgan fingerprint density at radius 1 is 1.36 bits per heavy atom. The van der Waals surface area contributed by atoms with Crippen LogP contribution in [0, 0.1) is 11.6 Å². The van der Waals surface area contributed by atoms with Gasteiger partial charge in [-0.15, -0.1) is 0 Å². The number of hydrogen-bond acceptors (Lipinski definition) is 4. The minimum absolute atomic E-state index is 0.0207. The van der Waals surface area contributed by atoms with Crippen LogP contribution in [0.4, 0.5) is 8.78 Å². The molecule has 0 unspecified atom stereocenters. The first-order valence-corrected chi connectivity index (χ1v) is 7.96. The maximum absolute atomic E-state index is 13.3. The van der Waals surface area contributed by atoms with E-state index in [1.165, 1.54) is 14.0 Å². The number of nitrogens with one attached hydrogen (secondary N) is 1. The minimum atomic E-state index is -4.05. The summed E-state index contributed by atoms with van der Waals surface area (Å²) in [6.45, 7) is 1.30. The third-order valence-electron chi connectivity index (χ3n) is 3.48. The van der Waals surface area contributed by atoms with Gasteiger partial charge >= 0.3 is 0 Å². The molecule has 1 amide bonds. The molecular weight excluding hydrogens is 318 g/mol. The molecule has 1 heterocycles. The highest BCUT2D eigenvalue weighted by molar-refractivity contribution is 7.89. The third-order valence-corrected chi connectivity index (χ3v) is 5.32. The molecule has 0 radical (unpaired) electrons. The lowest BCUT2D eigenvalue weighted by Gasteiger charge is -2.38. The molecule has 1 aromatic carbocycles. The monoisotopic (exact) mass is 334 g/mol. The maximum atomic E-state index is 13.3. The molecule has 1 fully saturated rings. The van der Waals surface area contributed by atoms with E-state index in [9.17, 15) is 22.0 Å². The summed E-state index contributed by atoms with van der Waals surface area (Å²) in [4.78, 5) is 11.5. The molecule has 1 atom stereocenters. The van der Waals surface area contributed by atoms with Gasteiger partial charge in [0.25, 0.3) is 5.91 Å². The second-order valence-electron chi connectivity index (χ2n) is 5.07. The number of benzene rings is 1. The molecule has 0 aromatic heterocycles. The molecule has 2 rings (SSSR count). The average Bonchev–Trinajstić information content (AvgIpc) is 2.49. The fourth-order valence-electron chi connectivity index (χ4n) is 2.23. The van der Waals surface area contributed by atoms with E-state index in [0.29, 0.717) is 6.07 Å². The number of amides is 1. The number of carbonyl (C=O) groups excluding carboxylic acids is 1. The molecular formula is C13H16F2N2O4S. The molecule has 1 aromatic rings. The summed E-state index contributed by atoms with van der Waals surface area (Å²) >= 11 is 0. The SMILES string of the molecule is CNC(=O)[C@]1(C)CN(S(=O)(=O)c2ccc(F)c(F)c2)CCO1. The van der Waals surface area contributed by atoms with E-state index in [2.05, 4.69) is 5.32 Å². The summed E-state index contributed by atoms with van der Waals surface area (Å²) in [6, 6.07) is 2.36. The summed E-state index contributed by atoms with van der Waals surface area (Å²) in [5.41, 5.74) is -1.33. The Hall–Kier alpha value is -1.58. The summed E-state index contributed by atoms with van der Waals surface area (Å²) in [5, 5.41) is 2.41. The molecule has 22 heavy (non-hydrogen) atoms. The van der Waals surface area contributed by atoms with Crippen LogP contribution in [0.2, 0.25) is 0 Å². The van der Waals surface area contributed by atoms with Crippen LogP contribution in [0.3, 0.4) is 0 Å². The topological polar surface area (TPSA) is 75.7 Å². The van der Waals surface area contributed by atoms with Crippen LogP contribution in [0.15, 0.2) is 23.1 Å². The Bertz CT molecular complexity index is 695. The summed E-state index contributed by atoms with van der Waals surface area (Å²) in [6.07, 6.45) is 0. The Balaban J connectivity index is 2.33. The lowest BCUT2D eigenvalue weighted by atomic mass is 10.0. The van der Waals surface area contributed by atoms with Crippen molar-refractivity contribution in [1.82, 2.24) is 9.62 Å². The molecule has 6 nitrogen and oxygen atoms in total. The zero-order valence-electron chi connectivity index (χ0n) is 12.1. The van der Waals surface area contributed by atoms with Crippen molar-refractivity contribution in [2.75, 3.05) is 26.7 Å². The number of hydrogen-bond donors (Lipinski definition) is 1. The van der Waals surface area contributed by atoms with Crippen LogP contribution < -0.4 is 5.32 Å². The highest BCUT2D eigenvalue weighted by Crippen LogP contribution is 2.25. The molecule has 0 bridgehead atoms. The standard InChI is InChI=1S/C13H16F2N2O4S/c1-13(12(18)16-2)8-17(5-6-21-13)22(19,20)9-3-4-10(14)11(15)7-9/h3-4,7H,5-6,8H2,1-2H3,(H,16,18)/t13-/m0/s1. The van der Waals surface area contributed by atoms with Crippen LogP contribution in [-0.2, 0) is 19.6 Å². The summed E-state index contributed by atoms with van der Waals surface area (Å²) < 4.78 is 57.6. The maximum Gasteiger partial charge on any atom is 0.253 e. The molecule has 0 saturated carbocycles. The molecule has 1 N–H and O–H groups in total. The number of halogens is 2. The molecule has 1 aliphatic rings. The highest BCUT2D eigenvalue weighted by Gasteiger charge is 2.42. The van der Waals surface area contributed by atoms with Crippen molar-refractivity contribution >= 4 is 15.9 Å². The van der Waals surface area contributed by atoms with Gasteiger partial charge in [-0.3, -0.25) is 4.79 Å². The van der Waals surface area contributed by atoms with Gasteiger partial charge in [-0.25, -0.2) is 17.2 Å². The van der Waals surface area contributed by atoms with Gasteiger partial charge in [0, 0.05) is 13.6 Å². The van der Waals surface area contributed by atoms with Gasteiger partial charge in [-0.2, -0.15) is 4.31 Å². The van der Waals surface area contributed by atoms with E-state index in [1.54, 1.807) is 0 Å². The van der Waals surface area contributed by atoms with Gasteiger partial charge in [0.05, 0.1) is 18.0 Å². The third kappa shape index (κ3) is 2.96.